The van der Waals surface area contributed by atoms with E-state index in [9.17, 15) is 0 Å². The van der Waals surface area contributed by atoms with Crippen LogP contribution < -0.4 is 0 Å². The van der Waals surface area contributed by atoms with E-state index in [4.69, 9.17) is 0 Å². The summed E-state index contributed by atoms with van der Waals surface area (Å²) < 4.78 is 0.219. The van der Waals surface area contributed by atoms with Crippen molar-refractivity contribution < 1.29 is 0 Å². The summed E-state index contributed by atoms with van der Waals surface area (Å²) in [6.45, 7) is 2.33. The number of thioether (sulfide) groups is 1. The first-order valence-electron chi connectivity index (χ1n) is 8.93. The second kappa shape index (κ2) is 7.37. The van der Waals surface area contributed by atoms with E-state index in [0.717, 1.165) is 6.42 Å². The van der Waals surface area contributed by atoms with Gasteiger partial charge in [-0.15, -0.1) is 57.1 Å². The van der Waals surface area contributed by atoms with Crippen LogP contribution in [0.1, 0.15) is 24.6 Å². The summed E-state index contributed by atoms with van der Waals surface area (Å²) in [5, 5.41) is 11.2. The summed E-state index contributed by atoms with van der Waals surface area (Å²) >= 11 is 9.49. The van der Waals surface area contributed by atoms with Gasteiger partial charge in [0.25, 0.3) is 0 Å². The summed E-state index contributed by atoms with van der Waals surface area (Å²) in [5.41, 5.74) is 4.20. The van der Waals surface area contributed by atoms with Gasteiger partial charge in [-0.1, -0.05) is 19.1 Å². The lowest BCUT2D eigenvalue weighted by Gasteiger charge is -2.27. The molecule has 0 fully saturated rings. The van der Waals surface area contributed by atoms with Gasteiger partial charge in [-0.2, -0.15) is 0 Å². The zero-order valence-electron chi connectivity index (χ0n) is 14.8. The Labute approximate surface area is 180 Å². The molecule has 1 aliphatic rings. The van der Waals surface area contributed by atoms with Crippen molar-refractivity contribution in [3.05, 3.63) is 68.2 Å². The Morgan fingerprint density at radius 3 is 2.26 bits per heavy atom. The van der Waals surface area contributed by atoms with Crippen molar-refractivity contribution >= 4 is 57.1 Å². The zero-order valence-corrected chi connectivity index (χ0v) is 18.9. The quantitative estimate of drug-likeness (QED) is 0.297. The van der Waals surface area contributed by atoms with E-state index < -0.39 is 0 Å². The molecule has 0 spiro atoms. The van der Waals surface area contributed by atoms with Gasteiger partial charge in [0.15, 0.2) is 0 Å². The SMILES string of the molecule is CCC1(c2sccc2-c2sccc2-c2sccc2-c2cccs2)CC=CS1. The number of allylic oxidation sites excluding steroid dienone is 1. The lowest BCUT2D eigenvalue weighted by Crippen LogP contribution is -2.16. The minimum Gasteiger partial charge on any atom is -0.147 e. The predicted octanol–water partition coefficient (Wildman–Crippen LogP) is 9.19. The molecule has 0 aliphatic carbocycles. The second-order valence-electron chi connectivity index (χ2n) is 6.51. The van der Waals surface area contributed by atoms with Crippen molar-refractivity contribution in [1.29, 1.82) is 0 Å². The van der Waals surface area contributed by atoms with Gasteiger partial charge in [0.1, 0.15) is 0 Å². The molecule has 0 nitrogen and oxygen atoms in total. The molecule has 5 rings (SSSR count). The third-order valence-electron chi connectivity index (χ3n) is 5.09. The minimum absolute atomic E-state index is 0.219. The lowest BCUT2D eigenvalue weighted by atomic mass is 9.94. The maximum Gasteiger partial charge on any atom is 0.0581 e. The summed E-state index contributed by atoms with van der Waals surface area (Å²) in [5.74, 6) is 0. The monoisotopic (exact) mass is 442 g/mol. The Balaban J connectivity index is 1.63. The predicted molar refractivity (Wildman–Crippen MR) is 128 cm³/mol. The van der Waals surface area contributed by atoms with Crippen molar-refractivity contribution in [3.8, 4) is 31.3 Å². The average Bonchev–Trinajstić information content (AvgIpc) is 3.51. The van der Waals surface area contributed by atoms with Gasteiger partial charge < -0.3 is 0 Å². The van der Waals surface area contributed by atoms with Gasteiger partial charge in [-0.25, -0.2) is 0 Å². The molecule has 0 N–H and O–H groups in total. The van der Waals surface area contributed by atoms with Crippen LogP contribution >= 0.6 is 57.1 Å². The van der Waals surface area contributed by atoms with E-state index in [1.165, 1.54) is 42.6 Å². The Morgan fingerprint density at radius 1 is 0.815 bits per heavy atom. The summed E-state index contributed by atoms with van der Waals surface area (Å²) in [6.07, 6.45) is 4.64. The molecule has 0 saturated heterocycles. The molecule has 4 aromatic rings. The van der Waals surface area contributed by atoms with E-state index in [1.807, 2.05) is 57.1 Å². The van der Waals surface area contributed by atoms with Crippen molar-refractivity contribution in [2.24, 2.45) is 0 Å². The number of rotatable bonds is 5. The van der Waals surface area contributed by atoms with Crippen LogP contribution in [0.4, 0.5) is 0 Å². The highest BCUT2D eigenvalue weighted by Gasteiger charge is 2.36. The first-order chi connectivity index (χ1) is 13.3. The van der Waals surface area contributed by atoms with E-state index in [1.54, 1.807) is 0 Å². The highest BCUT2D eigenvalue weighted by Crippen LogP contribution is 2.55. The average molecular weight is 443 g/mol. The van der Waals surface area contributed by atoms with Gasteiger partial charge >= 0.3 is 0 Å². The fourth-order valence-corrected chi connectivity index (χ4v) is 8.91. The number of hydrogen-bond donors (Lipinski definition) is 0. The Hall–Kier alpha value is -1.11. The summed E-state index contributed by atoms with van der Waals surface area (Å²) in [4.78, 5) is 5.72. The van der Waals surface area contributed by atoms with E-state index >= 15 is 0 Å². The largest absolute Gasteiger partial charge is 0.147 e. The van der Waals surface area contributed by atoms with Crippen LogP contribution in [0, 0.1) is 0 Å². The maximum absolute atomic E-state index is 2.34. The van der Waals surface area contributed by atoms with Gasteiger partial charge in [-0.3, -0.25) is 0 Å². The van der Waals surface area contributed by atoms with Crippen LogP contribution in [0.5, 0.6) is 0 Å². The molecule has 5 heterocycles. The van der Waals surface area contributed by atoms with Crippen LogP contribution in [0.2, 0.25) is 0 Å². The van der Waals surface area contributed by atoms with Gasteiger partial charge in [0, 0.05) is 36.2 Å². The third-order valence-corrected chi connectivity index (χ3v) is 10.6. The molecule has 27 heavy (non-hydrogen) atoms. The summed E-state index contributed by atoms with van der Waals surface area (Å²) in [6, 6.07) is 11.3. The topological polar surface area (TPSA) is 0 Å². The normalized spacial score (nSPS) is 19.1. The highest BCUT2D eigenvalue weighted by molar-refractivity contribution is 8.03. The zero-order chi connectivity index (χ0) is 18.3. The molecule has 1 atom stereocenters. The molecule has 1 aliphatic heterocycles. The molecule has 136 valence electrons. The maximum atomic E-state index is 2.34. The lowest BCUT2D eigenvalue weighted by molar-refractivity contribution is 0.633. The van der Waals surface area contributed by atoms with E-state index in [0.29, 0.717) is 0 Å². The molecule has 1 unspecified atom stereocenters. The number of hydrogen-bond acceptors (Lipinski definition) is 5. The Kier molecular flexibility index (Phi) is 4.90. The fourth-order valence-electron chi connectivity index (χ4n) is 3.68. The fraction of sp³-hybridized carbons (Fsp3) is 0.182. The molecule has 0 radical (unpaired) electrons. The van der Waals surface area contributed by atoms with Crippen molar-refractivity contribution in [1.82, 2.24) is 0 Å². The van der Waals surface area contributed by atoms with Crippen LogP contribution in [-0.2, 0) is 4.75 Å². The van der Waals surface area contributed by atoms with Gasteiger partial charge in [0.05, 0.1) is 4.75 Å². The van der Waals surface area contributed by atoms with Gasteiger partial charge in [-0.05, 0) is 64.0 Å². The van der Waals surface area contributed by atoms with Crippen molar-refractivity contribution in [2.75, 3.05) is 0 Å². The molecule has 4 aromatic heterocycles. The van der Waals surface area contributed by atoms with Crippen LogP contribution in [-0.4, -0.2) is 0 Å². The molecular formula is C22H18S5. The van der Waals surface area contributed by atoms with Crippen LogP contribution in [0.25, 0.3) is 31.3 Å². The van der Waals surface area contributed by atoms with Gasteiger partial charge in [0.2, 0.25) is 0 Å². The van der Waals surface area contributed by atoms with Crippen LogP contribution in [0.15, 0.2) is 63.3 Å². The number of thiophene rings is 4. The van der Waals surface area contributed by atoms with E-state index in [2.05, 4.69) is 70.3 Å². The molecule has 0 bridgehead atoms. The Morgan fingerprint density at radius 2 is 1.56 bits per heavy atom. The van der Waals surface area contributed by atoms with E-state index in [-0.39, 0.29) is 4.75 Å². The molecular weight excluding hydrogens is 425 g/mol. The molecule has 0 saturated carbocycles. The first kappa shape index (κ1) is 18.0. The first-order valence-corrected chi connectivity index (χ1v) is 13.3. The summed E-state index contributed by atoms with van der Waals surface area (Å²) in [7, 11) is 0. The minimum atomic E-state index is 0.219. The van der Waals surface area contributed by atoms with Crippen molar-refractivity contribution in [3.63, 3.8) is 0 Å². The van der Waals surface area contributed by atoms with Crippen LogP contribution in [0.3, 0.4) is 0 Å². The smallest absolute Gasteiger partial charge is 0.0581 e. The second-order valence-corrected chi connectivity index (χ2v) is 11.5. The highest BCUT2D eigenvalue weighted by atomic mass is 32.2. The standard InChI is InChI=1S/C22H18S5/c1-2-22(9-4-11-27-22)21-17(8-14-26-21)20-16(7-13-25-20)19-15(6-12-24-19)18-5-3-10-23-18/h3-8,10-14H,2,9H2,1H3. The molecule has 0 aromatic carbocycles. The Bertz CT molecular complexity index is 1070. The molecule has 0 amide bonds. The van der Waals surface area contributed by atoms with Crippen molar-refractivity contribution in [2.45, 2.75) is 24.5 Å². The third kappa shape index (κ3) is 3.00. The molecule has 5 heteroatoms.